The molecular weight excluding hydrogens is 270 g/mol. The summed E-state index contributed by atoms with van der Waals surface area (Å²) in [7, 11) is 12.0. The van der Waals surface area contributed by atoms with Crippen LogP contribution in [0.15, 0.2) is 78.2 Å². The molecule has 0 N–H and O–H groups in total. The van der Waals surface area contributed by atoms with Gasteiger partial charge in [0.25, 0.3) is 0 Å². The predicted molar refractivity (Wildman–Crippen MR) is 97.6 cm³/mol. The summed E-state index contributed by atoms with van der Waals surface area (Å²) in [4.78, 5) is 0. The lowest BCUT2D eigenvalue weighted by Crippen LogP contribution is -2.07. The van der Waals surface area contributed by atoms with Crippen molar-refractivity contribution in [1.29, 1.82) is 0 Å². The largest absolute Gasteiger partial charge is 0.152 e. The van der Waals surface area contributed by atoms with E-state index < -0.39 is 0 Å². The van der Waals surface area contributed by atoms with Crippen LogP contribution < -0.4 is 0 Å². The van der Waals surface area contributed by atoms with E-state index in [1.54, 1.807) is 12.2 Å². The molecule has 0 unspecified atom stereocenters. The summed E-state index contributed by atoms with van der Waals surface area (Å²) in [5.41, 5.74) is 5.41. The van der Waals surface area contributed by atoms with E-state index in [1.165, 1.54) is 5.56 Å². The van der Waals surface area contributed by atoms with Crippen molar-refractivity contribution in [2.75, 3.05) is 5.75 Å². The molecule has 3 heteroatoms. The monoisotopic (exact) mass is 286 g/mol. The summed E-state index contributed by atoms with van der Waals surface area (Å²) in [6.07, 6.45) is 7.54. The first-order chi connectivity index (χ1) is 10.2. The van der Waals surface area contributed by atoms with E-state index in [9.17, 15) is 0 Å². The molecule has 0 nitrogen and oxygen atoms in total. The standard InChI is InChI=1S/C18H16B2S/c1-3-7-13-11-21-12-14-9-5-6-10-16(14)17(18(19)20)15(13)8-4-2/h3-10H,1-2,11-12H2/b13-7-,15-8+. The van der Waals surface area contributed by atoms with Gasteiger partial charge >= 0.3 is 0 Å². The third-order valence-corrected chi connectivity index (χ3v) is 4.34. The molecule has 0 saturated carbocycles. The molecule has 0 spiro atoms. The Labute approximate surface area is 134 Å². The van der Waals surface area contributed by atoms with Crippen LogP contribution in [0, 0.1) is 0 Å². The molecule has 0 atom stereocenters. The van der Waals surface area contributed by atoms with Crippen molar-refractivity contribution in [3.8, 4) is 0 Å². The third kappa shape index (κ3) is 3.54. The quantitative estimate of drug-likeness (QED) is 0.735. The highest BCUT2D eigenvalue weighted by Crippen LogP contribution is 2.37. The maximum absolute atomic E-state index is 6.00. The van der Waals surface area contributed by atoms with Gasteiger partial charge in [0.1, 0.15) is 0 Å². The Morgan fingerprint density at radius 2 is 1.76 bits per heavy atom. The molecule has 100 valence electrons. The van der Waals surface area contributed by atoms with Crippen molar-refractivity contribution in [3.05, 3.63) is 89.4 Å². The zero-order valence-corrected chi connectivity index (χ0v) is 12.8. The van der Waals surface area contributed by atoms with Crippen molar-refractivity contribution in [1.82, 2.24) is 0 Å². The zero-order valence-electron chi connectivity index (χ0n) is 12.0. The summed E-state index contributed by atoms with van der Waals surface area (Å²) >= 11 is 1.87. The second kappa shape index (κ2) is 7.42. The maximum Gasteiger partial charge on any atom is 0.0931 e. The SMILES string of the molecule is [B]C([B])=C1C(=C/C=C)/C(=C\C=C)CSCc2ccccc21. The van der Waals surface area contributed by atoms with Gasteiger partial charge in [0.15, 0.2) is 0 Å². The molecule has 0 bridgehead atoms. The van der Waals surface area contributed by atoms with E-state index in [-0.39, 0.29) is 0 Å². The number of benzene rings is 1. The molecule has 4 radical (unpaired) electrons. The Bertz CT molecular complexity index is 647. The van der Waals surface area contributed by atoms with Gasteiger partial charge in [0.05, 0.1) is 15.7 Å². The highest BCUT2D eigenvalue weighted by molar-refractivity contribution is 7.98. The number of rotatable bonds is 2. The molecule has 1 aliphatic heterocycles. The number of thioether (sulfide) groups is 1. The van der Waals surface area contributed by atoms with Crippen molar-refractivity contribution in [2.45, 2.75) is 5.75 Å². The van der Waals surface area contributed by atoms with Crippen LogP contribution in [-0.2, 0) is 5.75 Å². The van der Waals surface area contributed by atoms with Crippen molar-refractivity contribution in [3.63, 3.8) is 0 Å². The second-order valence-corrected chi connectivity index (χ2v) is 5.71. The molecule has 1 aromatic rings. The fourth-order valence-corrected chi connectivity index (χ4v) is 3.49. The van der Waals surface area contributed by atoms with Gasteiger partial charge in [-0.2, -0.15) is 17.1 Å². The molecular formula is C18H16B2S. The maximum atomic E-state index is 6.00. The van der Waals surface area contributed by atoms with Crippen LogP contribution in [0.3, 0.4) is 0 Å². The van der Waals surface area contributed by atoms with E-state index in [0.717, 1.165) is 33.8 Å². The van der Waals surface area contributed by atoms with E-state index in [4.69, 9.17) is 15.7 Å². The van der Waals surface area contributed by atoms with Crippen molar-refractivity contribution >= 4 is 33.0 Å². The lowest BCUT2D eigenvalue weighted by molar-refractivity contribution is 1.32. The number of hydrogen-bond donors (Lipinski definition) is 0. The average Bonchev–Trinajstić information content (AvgIpc) is 2.45. The zero-order chi connectivity index (χ0) is 15.2. The minimum atomic E-state index is 0.331. The van der Waals surface area contributed by atoms with E-state index in [1.807, 2.05) is 36.0 Å². The minimum Gasteiger partial charge on any atom is -0.152 e. The van der Waals surface area contributed by atoms with Crippen LogP contribution >= 0.6 is 11.8 Å². The van der Waals surface area contributed by atoms with E-state index >= 15 is 0 Å². The lowest BCUT2D eigenvalue weighted by Gasteiger charge is -2.24. The minimum absolute atomic E-state index is 0.331. The lowest BCUT2D eigenvalue weighted by atomic mass is 9.70. The summed E-state index contributed by atoms with van der Waals surface area (Å²) in [5.74, 6) is 1.82. The van der Waals surface area contributed by atoms with Crippen molar-refractivity contribution < 1.29 is 0 Å². The van der Waals surface area contributed by atoms with Crippen molar-refractivity contribution in [2.24, 2.45) is 0 Å². The Kier molecular flexibility index (Phi) is 5.58. The average molecular weight is 286 g/mol. The molecule has 0 fully saturated rings. The van der Waals surface area contributed by atoms with E-state index in [2.05, 4.69) is 25.3 Å². The molecule has 0 aliphatic carbocycles. The Balaban J connectivity index is 2.74. The van der Waals surface area contributed by atoms with Crippen LogP contribution in [0.4, 0.5) is 0 Å². The highest BCUT2D eigenvalue weighted by atomic mass is 32.2. The Morgan fingerprint density at radius 3 is 2.43 bits per heavy atom. The van der Waals surface area contributed by atoms with E-state index in [0.29, 0.717) is 5.37 Å². The number of allylic oxidation sites excluding steroid dienone is 6. The Morgan fingerprint density at radius 1 is 1.05 bits per heavy atom. The molecule has 1 aliphatic rings. The molecule has 0 amide bonds. The summed E-state index contributed by atoms with van der Waals surface area (Å²) in [6.45, 7) is 7.61. The Hall–Kier alpha value is -1.60. The smallest absolute Gasteiger partial charge is 0.0931 e. The predicted octanol–water partition coefficient (Wildman–Crippen LogP) is 4.16. The van der Waals surface area contributed by atoms with Gasteiger partial charge in [-0.25, -0.2) is 0 Å². The van der Waals surface area contributed by atoms with Crippen LogP contribution in [-0.4, -0.2) is 21.4 Å². The van der Waals surface area contributed by atoms with Gasteiger partial charge in [-0.3, -0.25) is 0 Å². The molecule has 1 aromatic carbocycles. The van der Waals surface area contributed by atoms with Gasteiger partial charge in [-0.15, -0.1) is 0 Å². The van der Waals surface area contributed by atoms with Crippen LogP contribution in [0.25, 0.3) is 5.57 Å². The molecule has 0 saturated heterocycles. The third-order valence-electron chi connectivity index (χ3n) is 3.31. The van der Waals surface area contributed by atoms with Gasteiger partial charge in [0, 0.05) is 11.5 Å². The topological polar surface area (TPSA) is 0 Å². The molecule has 1 heterocycles. The normalized spacial score (nSPS) is 18.8. The van der Waals surface area contributed by atoms with Crippen LogP contribution in [0.2, 0.25) is 0 Å². The second-order valence-electron chi connectivity index (χ2n) is 4.72. The van der Waals surface area contributed by atoms with Gasteiger partial charge in [0.2, 0.25) is 0 Å². The number of fused-ring (bicyclic) bond motifs is 1. The molecule has 2 rings (SSSR count). The summed E-state index contributed by atoms with van der Waals surface area (Å²) in [5, 5.41) is 0.331. The van der Waals surface area contributed by atoms with Crippen LogP contribution in [0.1, 0.15) is 11.1 Å². The summed E-state index contributed by atoms with van der Waals surface area (Å²) < 4.78 is 0. The van der Waals surface area contributed by atoms with Gasteiger partial charge < -0.3 is 0 Å². The highest BCUT2D eigenvalue weighted by Gasteiger charge is 2.18. The van der Waals surface area contributed by atoms with Gasteiger partial charge in [-0.05, 0) is 27.8 Å². The first-order valence-electron chi connectivity index (χ1n) is 6.75. The first-order valence-corrected chi connectivity index (χ1v) is 7.90. The molecule has 0 aromatic heterocycles. The first kappa shape index (κ1) is 15.8. The summed E-state index contributed by atoms with van der Waals surface area (Å²) in [6, 6.07) is 8.25. The number of hydrogen-bond acceptors (Lipinski definition) is 1. The van der Waals surface area contributed by atoms with Crippen LogP contribution in [0.5, 0.6) is 0 Å². The fraction of sp³-hybridized carbons (Fsp3) is 0.111. The fourth-order valence-electron chi connectivity index (χ4n) is 2.44. The van der Waals surface area contributed by atoms with Gasteiger partial charge in [-0.1, -0.05) is 61.7 Å². The molecule has 21 heavy (non-hydrogen) atoms.